The molecule has 6 nitrogen and oxygen atoms in total. The summed E-state index contributed by atoms with van der Waals surface area (Å²) < 4.78 is 11.4. The van der Waals surface area contributed by atoms with Gasteiger partial charge >= 0.3 is 5.97 Å². The lowest BCUT2D eigenvalue weighted by molar-refractivity contribution is -0.304. The molecule has 2 bridgehead atoms. The lowest BCUT2D eigenvalue weighted by Gasteiger charge is -2.28. The summed E-state index contributed by atoms with van der Waals surface area (Å²) in [5, 5.41) is 9.31. The zero-order chi connectivity index (χ0) is 19.2. The van der Waals surface area contributed by atoms with Crippen molar-refractivity contribution in [2.45, 2.75) is 82.2 Å². The van der Waals surface area contributed by atoms with Crippen molar-refractivity contribution in [1.82, 2.24) is 0 Å². The number of ketones is 1. The molecule has 6 heteroatoms. The van der Waals surface area contributed by atoms with Crippen LogP contribution in [0.25, 0.3) is 0 Å². The third kappa shape index (κ3) is 3.63. The Labute approximate surface area is 154 Å². The molecule has 0 aromatic carbocycles. The molecule has 0 radical (unpaired) electrons. The highest BCUT2D eigenvalue weighted by atomic mass is 17.1. The van der Waals surface area contributed by atoms with Crippen LogP contribution in [0.4, 0.5) is 0 Å². The van der Waals surface area contributed by atoms with Gasteiger partial charge in [-0.25, -0.2) is 9.68 Å². The molecule has 1 aliphatic carbocycles. The number of hydrogen-bond donors (Lipinski definition) is 1. The normalized spacial score (nSPS) is 45.3. The van der Waals surface area contributed by atoms with Gasteiger partial charge in [-0.2, -0.15) is 0 Å². The van der Waals surface area contributed by atoms with Crippen LogP contribution in [-0.2, 0) is 24.0 Å². The molecule has 2 fully saturated rings. The predicted molar refractivity (Wildman–Crippen MR) is 94.4 cm³/mol. The second kappa shape index (κ2) is 6.59. The molecule has 3 aliphatic rings. The minimum Gasteiger partial charge on any atom is -0.448 e. The summed E-state index contributed by atoms with van der Waals surface area (Å²) in [6, 6.07) is 0. The Kier molecular flexibility index (Phi) is 4.88. The summed E-state index contributed by atoms with van der Waals surface area (Å²) in [4.78, 5) is 29.9. The first-order valence-corrected chi connectivity index (χ1v) is 9.24. The van der Waals surface area contributed by atoms with Gasteiger partial charge < -0.3 is 9.47 Å². The summed E-state index contributed by atoms with van der Waals surface area (Å²) in [7, 11) is 0. The molecule has 0 spiro atoms. The first kappa shape index (κ1) is 19.3. The lowest BCUT2D eigenvalue weighted by Crippen LogP contribution is -2.40. The van der Waals surface area contributed by atoms with E-state index >= 15 is 0 Å². The average Bonchev–Trinajstić information content (AvgIpc) is 3.25. The maximum atomic E-state index is 12.8. The fraction of sp³-hybridized carbons (Fsp3) is 0.700. The number of carbonyl (C=O) groups excluding carboxylic acids is 2. The number of rotatable bonds is 1. The van der Waals surface area contributed by atoms with E-state index in [1.807, 2.05) is 13.0 Å². The predicted octanol–water partition coefficient (Wildman–Crippen LogP) is 3.36. The number of ether oxygens (including phenoxy) is 2. The summed E-state index contributed by atoms with van der Waals surface area (Å²) >= 11 is 0. The number of carbonyl (C=O) groups is 2. The largest absolute Gasteiger partial charge is 0.448 e. The minimum atomic E-state index is -1.17. The minimum absolute atomic E-state index is 0.0333. The third-order valence-corrected chi connectivity index (χ3v) is 6.22. The van der Waals surface area contributed by atoms with Gasteiger partial charge in [0.15, 0.2) is 11.4 Å². The molecule has 0 unspecified atom stereocenters. The second-order valence-electron chi connectivity index (χ2n) is 8.47. The summed E-state index contributed by atoms with van der Waals surface area (Å²) in [6.07, 6.45) is 6.64. The number of esters is 1. The van der Waals surface area contributed by atoms with Crippen molar-refractivity contribution in [2.24, 2.45) is 5.92 Å². The van der Waals surface area contributed by atoms with Crippen LogP contribution in [0.2, 0.25) is 0 Å². The molecule has 0 aromatic rings. The van der Waals surface area contributed by atoms with Crippen LogP contribution in [0.15, 0.2) is 24.3 Å². The molecule has 0 aromatic heterocycles. The van der Waals surface area contributed by atoms with Crippen molar-refractivity contribution in [2.75, 3.05) is 0 Å². The number of epoxide rings is 1. The SMILES string of the molecule is C=C1C(=O)O[C@]2(C)CC[C@@H]1C[C@@H]1O[C@@]1(C)C/C=C\[C@@](C)(OO)CCC2=O. The fourth-order valence-corrected chi connectivity index (χ4v) is 3.92. The van der Waals surface area contributed by atoms with Gasteiger partial charge in [-0.3, -0.25) is 10.1 Å². The first-order chi connectivity index (χ1) is 12.1. The van der Waals surface area contributed by atoms with E-state index in [1.54, 1.807) is 19.9 Å². The summed E-state index contributed by atoms with van der Waals surface area (Å²) in [6.45, 7) is 9.34. The molecule has 3 rings (SSSR count). The van der Waals surface area contributed by atoms with Gasteiger partial charge in [0.2, 0.25) is 0 Å². The number of Topliss-reactive ketones (excluding diaryl/α,β-unsaturated/α-hetero) is 1. The van der Waals surface area contributed by atoms with Gasteiger partial charge in [0.1, 0.15) is 5.60 Å². The van der Waals surface area contributed by atoms with Gasteiger partial charge in [0.05, 0.1) is 11.7 Å². The van der Waals surface area contributed by atoms with Crippen molar-refractivity contribution in [3.05, 3.63) is 24.3 Å². The Hall–Kier alpha value is -1.50. The van der Waals surface area contributed by atoms with E-state index in [-0.39, 0.29) is 36.2 Å². The zero-order valence-corrected chi connectivity index (χ0v) is 15.7. The van der Waals surface area contributed by atoms with Crippen LogP contribution >= 0.6 is 0 Å². The van der Waals surface area contributed by atoms with Crippen LogP contribution < -0.4 is 0 Å². The number of fused-ring (bicyclic) bond motifs is 4. The topological polar surface area (TPSA) is 85.4 Å². The van der Waals surface area contributed by atoms with E-state index in [1.165, 1.54) is 0 Å². The molecule has 2 heterocycles. The van der Waals surface area contributed by atoms with Gasteiger partial charge in [-0.1, -0.05) is 18.7 Å². The molecule has 2 saturated heterocycles. The van der Waals surface area contributed by atoms with E-state index in [0.717, 1.165) is 0 Å². The molecule has 26 heavy (non-hydrogen) atoms. The molecule has 2 aliphatic heterocycles. The maximum Gasteiger partial charge on any atom is 0.334 e. The molecule has 5 atom stereocenters. The van der Waals surface area contributed by atoms with Gasteiger partial charge in [0, 0.05) is 12.0 Å². The van der Waals surface area contributed by atoms with Crippen LogP contribution in [-0.4, -0.2) is 39.9 Å². The highest BCUT2D eigenvalue weighted by Gasteiger charge is 2.53. The van der Waals surface area contributed by atoms with Crippen LogP contribution in [0, 0.1) is 5.92 Å². The molecule has 0 amide bonds. The summed E-state index contributed by atoms with van der Waals surface area (Å²) in [5.41, 5.74) is -2.01. The van der Waals surface area contributed by atoms with Crippen molar-refractivity contribution in [1.29, 1.82) is 0 Å². The first-order valence-electron chi connectivity index (χ1n) is 9.24. The Morgan fingerprint density at radius 3 is 2.69 bits per heavy atom. The molecule has 1 N–H and O–H groups in total. The molecular formula is C20H28O6. The molecule has 0 saturated carbocycles. The van der Waals surface area contributed by atoms with Crippen molar-refractivity contribution >= 4 is 11.8 Å². The quantitative estimate of drug-likeness (QED) is 0.192. The van der Waals surface area contributed by atoms with E-state index in [0.29, 0.717) is 31.3 Å². The van der Waals surface area contributed by atoms with Crippen molar-refractivity contribution < 1.29 is 29.2 Å². The van der Waals surface area contributed by atoms with Gasteiger partial charge in [0.25, 0.3) is 0 Å². The smallest absolute Gasteiger partial charge is 0.334 e. The Morgan fingerprint density at radius 2 is 2.00 bits per heavy atom. The standard InChI is InChI=1S/C20H28O6/c1-13-14-6-11-19(3,25-17(13)22)15(21)7-10-18(2,26-23)8-5-9-20(4)16(12-14)24-20/h5,8,14,16,23H,1,6-7,9-12H2,2-4H3/b8-5-/t14-,16+,18-,19-,20+/m1/s1. The highest BCUT2D eigenvalue weighted by Crippen LogP contribution is 2.46. The number of hydrogen-bond acceptors (Lipinski definition) is 6. The fourth-order valence-electron chi connectivity index (χ4n) is 3.92. The van der Waals surface area contributed by atoms with E-state index < -0.39 is 17.2 Å². The van der Waals surface area contributed by atoms with Crippen LogP contribution in [0.1, 0.15) is 59.3 Å². The average molecular weight is 364 g/mol. The summed E-state index contributed by atoms with van der Waals surface area (Å²) in [5.74, 6) is -0.706. The Bertz CT molecular complexity index is 655. The van der Waals surface area contributed by atoms with Crippen molar-refractivity contribution in [3.63, 3.8) is 0 Å². The van der Waals surface area contributed by atoms with E-state index in [4.69, 9.17) is 9.47 Å². The van der Waals surface area contributed by atoms with Crippen LogP contribution in [0.5, 0.6) is 0 Å². The van der Waals surface area contributed by atoms with E-state index in [9.17, 15) is 14.8 Å². The molecule has 144 valence electrons. The third-order valence-electron chi connectivity index (χ3n) is 6.22. The maximum absolute atomic E-state index is 12.8. The van der Waals surface area contributed by atoms with Gasteiger partial charge in [-0.15, -0.1) is 0 Å². The Morgan fingerprint density at radius 1 is 1.27 bits per heavy atom. The van der Waals surface area contributed by atoms with Crippen LogP contribution in [0.3, 0.4) is 0 Å². The van der Waals surface area contributed by atoms with Crippen molar-refractivity contribution in [3.8, 4) is 0 Å². The molecular weight excluding hydrogens is 336 g/mol. The Balaban J connectivity index is 1.90. The highest BCUT2D eigenvalue weighted by molar-refractivity contribution is 5.94. The van der Waals surface area contributed by atoms with Gasteiger partial charge in [-0.05, 0) is 58.8 Å². The zero-order valence-electron chi connectivity index (χ0n) is 15.7. The van der Waals surface area contributed by atoms with E-state index in [2.05, 4.69) is 11.5 Å². The lowest BCUT2D eigenvalue weighted by atomic mass is 9.82. The second-order valence-corrected chi connectivity index (χ2v) is 8.47. The monoisotopic (exact) mass is 364 g/mol.